The number of fused-ring (bicyclic) bond motifs is 3. The van der Waals surface area contributed by atoms with E-state index in [1.54, 1.807) is 0 Å². The Bertz CT molecular complexity index is 4600. The van der Waals surface area contributed by atoms with Gasteiger partial charge in [-0.3, -0.25) is 0 Å². The maximum Gasteiger partial charge on any atom is 0.328 e. The Hall–Kier alpha value is -10.5. The van der Waals surface area contributed by atoms with Crippen molar-refractivity contribution in [3.8, 4) is 52.4 Å². The molecule has 0 bridgehead atoms. The maximum atomic E-state index is 12.5. The zero-order valence-corrected chi connectivity index (χ0v) is 51.7. The molecule has 0 spiro atoms. The molecule has 0 aliphatic carbocycles. The van der Waals surface area contributed by atoms with Gasteiger partial charge < -0.3 is 27.3 Å². The van der Waals surface area contributed by atoms with E-state index in [1.165, 1.54) is 0 Å². The highest BCUT2D eigenvalue weighted by molar-refractivity contribution is 6.85. The summed E-state index contributed by atoms with van der Waals surface area (Å²) in [4.78, 5) is 15.1. The summed E-state index contributed by atoms with van der Waals surface area (Å²) >= 11 is 0. The first-order valence-corrected chi connectivity index (χ1v) is 31.4. The molecule has 0 radical (unpaired) electrons. The number of oxazole rings is 2. The van der Waals surface area contributed by atoms with Gasteiger partial charge in [0.1, 0.15) is 40.8 Å². The summed E-state index contributed by atoms with van der Waals surface area (Å²) in [7, 11) is 0. The van der Waals surface area contributed by atoms with Gasteiger partial charge >= 0.3 is 13.7 Å². The largest absolute Gasteiger partial charge is 0.493 e. The lowest BCUT2D eigenvalue weighted by Gasteiger charge is -2.24. The van der Waals surface area contributed by atoms with Crippen LogP contribution in [-0.2, 0) is 0 Å². The van der Waals surface area contributed by atoms with Crippen LogP contribution in [-0.4, -0.2) is 45.8 Å². The first-order chi connectivity index (χ1) is 44.2. The summed E-state index contributed by atoms with van der Waals surface area (Å²) in [5.74, 6) is 4.80. The van der Waals surface area contributed by atoms with Crippen LogP contribution in [0.15, 0.2) is 215 Å². The molecule has 4 heterocycles. The molecule has 2 unspecified atom stereocenters. The highest BCUT2D eigenvalue weighted by Gasteiger charge is 2.38. The van der Waals surface area contributed by atoms with Gasteiger partial charge in [0.25, 0.3) is 5.70 Å². The Balaban J connectivity index is 1.38. The second kappa shape index (κ2) is 27.3. The van der Waals surface area contributed by atoms with Crippen LogP contribution in [0.4, 0.5) is 0 Å². The van der Waals surface area contributed by atoms with Gasteiger partial charge in [-0.15, -0.1) is 6.42 Å². The molecule has 12 heteroatoms. The summed E-state index contributed by atoms with van der Waals surface area (Å²) < 4.78 is 32.1. The second-order valence-electron chi connectivity index (χ2n) is 23.4. The third-order valence-electron chi connectivity index (χ3n) is 17.2. The van der Waals surface area contributed by atoms with Crippen LogP contribution < -0.4 is 42.0 Å². The zero-order chi connectivity index (χ0) is 62.1. The molecule has 0 saturated heterocycles. The highest BCUT2D eigenvalue weighted by atomic mass is 16.5. The minimum absolute atomic E-state index is 0.111. The van der Waals surface area contributed by atoms with Crippen LogP contribution >= 0.6 is 0 Å². The third kappa shape index (κ3) is 12.1. The molecule has 0 aliphatic rings. The lowest BCUT2D eigenvalue weighted by Crippen LogP contribution is -2.54. The molecule has 4 aromatic heterocycles. The van der Waals surface area contributed by atoms with Crippen LogP contribution in [0, 0.1) is 55.9 Å². The van der Waals surface area contributed by atoms with Crippen molar-refractivity contribution in [1.29, 1.82) is 5.26 Å². The normalized spacial score (nSPS) is 12.7. The predicted molar refractivity (Wildman–Crippen MR) is 368 cm³/mol. The predicted octanol–water partition coefficient (Wildman–Crippen LogP) is 14.2. The maximum absolute atomic E-state index is 12.5. The molecule has 0 saturated carbocycles. The van der Waals surface area contributed by atoms with E-state index in [1.807, 2.05) is 123 Å². The molecule has 0 aliphatic heterocycles. The van der Waals surface area contributed by atoms with Gasteiger partial charge in [0.2, 0.25) is 11.8 Å². The van der Waals surface area contributed by atoms with Crippen molar-refractivity contribution >= 4 is 79.8 Å². The van der Waals surface area contributed by atoms with Gasteiger partial charge in [-0.1, -0.05) is 238 Å². The number of nitriles is 1. The lowest BCUT2D eigenvalue weighted by atomic mass is 9.50. The molecule has 442 valence electrons. The summed E-state index contributed by atoms with van der Waals surface area (Å²) in [5, 5.41) is 14.8. The summed E-state index contributed by atoms with van der Waals surface area (Å²) in [6, 6.07) is 72.5. The van der Waals surface area contributed by atoms with E-state index in [9.17, 15) is 11.8 Å². The molecule has 0 amide bonds. The molecular formula is C78H70B2N6O4. The molecule has 90 heavy (non-hydrogen) atoms. The number of ether oxygens (including phenoxy) is 2. The van der Waals surface area contributed by atoms with Gasteiger partial charge in [-0.2, -0.15) is 5.26 Å². The smallest absolute Gasteiger partial charge is 0.328 e. The van der Waals surface area contributed by atoms with Crippen molar-refractivity contribution in [2.24, 2.45) is 11.8 Å². The van der Waals surface area contributed by atoms with Crippen molar-refractivity contribution in [2.45, 2.75) is 79.6 Å². The summed E-state index contributed by atoms with van der Waals surface area (Å²) in [5.41, 5.74) is 11.3. The Labute approximate surface area is 527 Å². The number of unbranched alkanes of at least 4 members (excludes halogenated alkanes) is 2. The molecule has 0 fully saturated rings. The number of nitrogens with zero attached hydrogens (tertiary/aromatic N) is 6. The van der Waals surface area contributed by atoms with Gasteiger partial charge in [-0.25, -0.2) is 14.8 Å². The highest BCUT2D eigenvalue weighted by Crippen LogP contribution is 2.39. The fraction of sp³-hybridized carbons (Fsp3) is 0.205. The van der Waals surface area contributed by atoms with E-state index >= 15 is 0 Å². The molecule has 2 atom stereocenters. The van der Waals surface area contributed by atoms with E-state index < -0.39 is 13.7 Å². The number of rotatable bonds is 23. The van der Waals surface area contributed by atoms with Gasteiger partial charge in [0.05, 0.1) is 29.8 Å². The molecule has 8 aromatic carbocycles. The van der Waals surface area contributed by atoms with Gasteiger partial charge in [-0.05, 0) is 92.3 Å². The van der Waals surface area contributed by atoms with E-state index in [0.29, 0.717) is 85.7 Å². The minimum atomic E-state index is -0.632. The summed E-state index contributed by atoms with van der Waals surface area (Å²) in [6.45, 7) is 20.0. The quantitative estimate of drug-likeness (QED) is 0.0356. The second-order valence-corrected chi connectivity index (χ2v) is 23.4. The van der Waals surface area contributed by atoms with Crippen LogP contribution in [0.5, 0.6) is 11.5 Å². The van der Waals surface area contributed by atoms with Crippen LogP contribution in [0.25, 0.3) is 71.6 Å². The van der Waals surface area contributed by atoms with E-state index in [-0.39, 0.29) is 29.0 Å². The van der Waals surface area contributed by atoms with E-state index in [2.05, 4.69) is 144 Å². The van der Waals surface area contributed by atoms with Crippen LogP contribution in [0.2, 0.25) is 0 Å². The number of hydrogen-bond acceptors (Lipinski definition) is 7. The average molecular weight is 1180 g/mol. The van der Waals surface area contributed by atoms with E-state index in [0.717, 1.165) is 89.1 Å². The Morgan fingerprint density at radius 2 is 1.02 bits per heavy atom. The number of terminal acetylenes is 1. The Kier molecular flexibility index (Phi) is 18.1. The molecule has 0 N–H and O–H groups in total. The van der Waals surface area contributed by atoms with Crippen molar-refractivity contribution in [1.82, 2.24) is 18.9 Å². The van der Waals surface area contributed by atoms with Crippen molar-refractivity contribution in [3.63, 3.8) is 0 Å². The van der Waals surface area contributed by atoms with E-state index in [4.69, 9.17) is 34.7 Å². The SMILES string of the molecule is [C-]#[N+]/C(c1nc2cc(C)ccc2o1)=c1\c2c(-c3cccc(OCC(CC)CCCC)c3)n(B(c3ccccc3)c3ccccc3)/c(=C(/C#N)c3nc4cc(C)ccc4o3)c2c(-c2cccc(OCC(C#C)CCCC)c2)n1B(c1ccccc1)c1ccccc1. The van der Waals surface area contributed by atoms with Crippen LogP contribution in [0.3, 0.4) is 0 Å². The molecular weight excluding hydrogens is 1110 g/mol. The van der Waals surface area contributed by atoms with Gasteiger partial charge in [0, 0.05) is 33.3 Å². The number of aromatic nitrogens is 4. The molecule has 10 nitrogen and oxygen atoms in total. The van der Waals surface area contributed by atoms with Crippen molar-refractivity contribution in [2.75, 3.05) is 13.2 Å². The fourth-order valence-electron chi connectivity index (χ4n) is 12.6. The lowest BCUT2D eigenvalue weighted by molar-refractivity contribution is 0.233. The van der Waals surface area contributed by atoms with Gasteiger partial charge in [0.15, 0.2) is 11.2 Å². The van der Waals surface area contributed by atoms with Crippen LogP contribution in [0.1, 0.15) is 88.6 Å². The van der Waals surface area contributed by atoms with Crippen molar-refractivity contribution < 1.29 is 18.3 Å². The number of hydrogen-bond donors (Lipinski definition) is 0. The summed E-state index contributed by atoms with van der Waals surface area (Å²) in [6.07, 6.45) is 13.3. The fourth-order valence-corrected chi connectivity index (χ4v) is 12.6. The topological polar surface area (TPSA) is 109 Å². The Morgan fingerprint density at radius 3 is 1.49 bits per heavy atom. The molecule has 12 aromatic rings. The Morgan fingerprint density at radius 1 is 0.567 bits per heavy atom. The molecule has 12 rings (SSSR count). The first kappa shape index (κ1) is 59.8. The third-order valence-corrected chi connectivity index (χ3v) is 17.2. The van der Waals surface area contributed by atoms with Crippen molar-refractivity contribution in [3.05, 3.63) is 251 Å². The zero-order valence-electron chi connectivity index (χ0n) is 51.7. The monoisotopic (exact) mass is 1180 g/mol. The average Bonchev–Trinajstić information content (AvgIpc) is 1.52. The minimum Gasteiger partial charge on any atom is -0.493 e. The number of aryl methyl sites for hydroxylation is 2. The first-order valence-electron chi connectivity index (χ1n) is 31.4. The number of benzene rings is 8. The standard InChI is InChI=1S/C78H70B2N6O4/c1-8-12-28-55(10-3)51-87-63-40-26-30-57(48-63)73-70-71(76(72(82-7)78-84-67-47-54(6)43-45-69(67)90-78)86(73)80(61-36-22-16-23-37-61)62-38-24-17-25-39-62)74(58-31-27-41-64(49-58)88-52-56(11-4)29-13-9-2)85(79(59-32-18-14-19-33-59)60-34-20-15-21-35-60)75(70)65(50-81)77-83-66-46-53(5)42-44-68(66)89-77/h3,14-27,30-49,55-56H,8-9,11-13,28-29,51-52H2,1-2,4-6H3/b75-65-,76-72+.